The number of hydrogen-bond donors (Lipinski definition) is 0. The summed E-state index contributed by atoms with van der Waals surface area (Å²) in [6.07, 6.45) is 6.86. The molecule has 1 aliphatic rings. The number of benzene rings is 1. The highest BCUT2D eigenvalue weighted by Gasteiger charge is 2.30. The molecule has 1 aliphatic heterocycles. The van der Waals surface area contributed by atoms with Gasteiger partial charge in [-0.05, 0) is 56.9 Å². The summed E-state index contributed by atoms with van der Waals surface area (Å²) in [6.45, 7) is 5.66. The fourth-order valence-electron chi connectivity index (χ4n) is 3.38. The van der Waals surface area contributed by atoms with Crippen LogP contribution in [0.4, 0.5) is 0 Å². The van der Waals surface area contributed by atoms with Gasteiger partial charge in [0.2, 0.25) is 0 Å². The van der Waals surface area contributed by atoms with Gasteiger partial charge in [0.1, 0.15) is 11.6 Å². The number of nitrogens with zero attached hydrogens (tertiary/aromatic N) is 3. The van der Waals surface area contributed by atoms with Gasteiger partial charge < -0.3 is 14.2 Å². The molecule has 2 heterocycles. The number of hydrogen-bond acceptors (Lipinski definition) is 3. The zero-order chi connectivity index (χ0) is 17.8. The standard InChI is InChI=1S/C19H24ClN3O2/c1-3-22-11-9-21-19(22)16-6-4-5-10-23(16)18(24)13-25-17-8-7-15(20)12-14(17)2/h7-9,11-12,16H,3-6,10,13H2,1-2H3. The van der Waals surface area contributed by atoms with E-state index in [1.54, 1.807) is 6.07 Å². The van der Waals surface area contributed by atoms with Crippen LogP contribution in [0.25, 0.3) is 0 Å². The summed E-state index contributed by atoms with van der Waals surface area (Å²) in [6, 6.07) is 5.45. The molecule has 5 nitrogen and oxygen atoms in total. The van der Waals surface area contributed by atoms with E-state index >= 15 is 0 Å². The minimum Gasteiger partial charge on any atom is -0.483 e. The topological polar surface area (TPSA) is 47.4 Å². The highest BCUT2D eigenvalue weighted by atomic mass is 35.5. The molecule has 3 rings (SSSR count). The summed E-state index contributed by atoms with van der Waals surface area (Å²) in [5.41, 5.74) is 0.928. The van der Waals surface area contributed by atoms with Gasteiger partial charge in [-0.2, -0.15) is 0 Å². The lowest BCUT2D eigenvalue weighted by atomic mass is 10.0. The number of likely N-dealkylation sites (tertiary alicyclic amines) is 1. The van der Waals surface area contributed by atoms with E-state index in [-0.39, 0.29) is 18.6 Å². The predicted molar refractivity (Wildman–Crippen MR) is 97.9 cm³/mol. The summed E-state index contributed by atoms with van der Waals surface area (Å²) in [4.78, 5) is 19.2. The van der Waals surface area contributed by atoms with Crippen molar-refractivity contribution in [1.29, 1.82) is 0 Å². The number of carbonyl (C=O) groups is 1. The Labute approximate surface area is 153 Å². The molecular formula is C19H24ClN3O2. The van der Waals surface area contributed by atoms with E-state index in [9.17, 15) is 4.79 Å². The van der Waals surface area contributed by atoms with Crippen molar-refractivity contribution in [3.63, 3.8) is 0 Å². The Kier molecular flexibility index (Phi) is 5.63. The van der Waals surface area contributed by atoms with Crippen LogP contribution in [0.5, 0.6) is 5.75 Å². The number of amides is 1. The molecule has 1 unspecified atom stereocenters. The second-order valence-electron chi connectivity index (χ2n) is 6.37. The van der Waals surface area contributed by atoms with Crippen LogP contribution in [0.2, 0.25) is 5.02 Å². The number of imidazole rings is 1. The number of rotatable bonds is 5. The first kappa shape index (κ1) is 17.8. The Morgan fingerprint density at radius 3 is 3.00 bits per heavy atom. The first-order valence-electron chi connectivity index (χ1n) is 8.79. The van der Waals surface area contributed by atoms with E-state index < -0.39 is 0 Å². The molecule has 6 heteroatoms. The Morgan fingerprint density at radius 2 is 2.24 bits per heavy atom. The van der Waals surface area contributed by atoms with Crippen LogP contribution in [-0.4, -0.2) is 33.5 Å². The van der Waals surface area contributed by atoms with Crippen LogP contribution in [0, 0.1) is 6.92 Å². The van der Waals surface area contributed by atoms with Gasteiger partial charge >= 0.3 is 0 Å². The van der Waals surface area contributed by atoms with E-state index in [0.29, 0.717) is 10.8 Å². The quantitative estimate of drug-likeness (QED) is 0.808. The van der Waals surface area contributed by atoms with E-state index in [0.717, 1.165) is 43.7 Å². The van der Waals surface area contributed by atoms with E-state index in [1.807, 2.05) is 36.4 Å². The molecule has 134 valence electrons. The van der Waals surface area contributed by atoms with Crippen LogP contribution < -0.4 is 4.74 Å². The monoisotopic (exact) mass is 361 g/mol. The molecule has 0 saturated carbocycles. The molecule has 25 heavy (non-hydrogen) atoms. The predicted octanol–water partition coefficient (Wildman–Crippen LogP) is 4.00. The summed E-state index contributed by atoms with van der Waals surface area (Å²) >= 11 is 5.97. The van der Waals surface area contributed by atoms with E-state index in [4.69, 9.17) is 16.3 Å². The van der Waals surface area contributed by atoms with Gasteiger partial charge in [-0.3, -0.25) is 4.79 Å². The van der Waals surface area contributed by atoms with Crippen molar-refractivity contribution in [3.05, 3.63) is 47.0 Å². The fraction of sp³-hybridized carbons (Fsp3) is 0.474. The summed E-state index contributed by atoms with van der Waals surface area (Å²) < 4.78 is 7.86. The molecular weight excluding hydrogens is 338 g/mol. The van der Waals surface area contributed by atoms with Crippen LogP contribution in [0.15, 0.2) is 30.6 Å². The summed E-state index contributed by atoms with van der Waals surface area (Å²) in [7, 11) is 0. The normalized spacial score (nSPS) is 17.6. The largest absolute Gasteiger partial charge is 0.483 e. The van der Waals surface area contributed by atoms with Gasteiger partial charge in [0.05, 0.1) is 6.04 Å². The molecule has 0 radical (unpaired) electrons. The SMILES string of the molecule is CCn1ccnc1C1CCCCN1C(=O)COc1ccc(Cl)cc1C. The third-order valence-corrected chi connectivity index (χ3v) is 4.93. The Bertz CT molecular complexity index is 744. The number of aromatic nitrogens is 2. The molecule has 0 N–H and O–H groups in total. The number of aryl methyl sites for hydroxylation is 2. The third kappa shape index (κ3) is 3.98. The minimum atomic E-state index is 0.00435. The van der Waals surface area contributed by atoms with Crippen molar-refractivity contribution in [1.82, 2.24) is 14.5 Å². The van der Waals surface area contributed by atoms with Gasteiger partial charge in [-0.15, -0.1) is 0 Å². The lowest BCUT2D eigenvalue weighted by Gasteiger charge is -2.35. The zero-order valence-electron chi connectivity index (χ0n) is 14.7. The van der Waals surface area contributed by atoms with Gasteiger partial charge in [0, 0.05) is 30.5 Å². The van der Waals surface area contributed by atoms with Crippen molar-refractivity contribution in [2.75, 3.05) is 13.2 Å². The van der Waals surface area contributed by atoms with Gasteiger partial charge in [0.25, 0.3) is 5.91 Å². The number of ether oxygens (including phenoxy) is 1. The van der Waals surface area contributed by atoms with Crippen molar-refractivity contribution in [3.8, 4) is 5.75 Å². The summed E-state index contributed by atoms with van der Waals surface area (Å²) in [5, 5.41) is 0.665. The summed E-state index contributed by atoms with van der Waals surface area (Å²) in [5.74, 6) is 1.67. The average molecular weight is 362 g/mol. The Hall–Kier alpha value is -2.01. The highest BCUT2D eigenvalue weighted by molar-refractivity contribution is 6.30. The second-order valence-corrected chi connectivity index (χ2v) is 6.81. The number of carbonyl (C=O) groups excluding carboxylic acids is 1. The smallest absolute Gasteiger partial charge is 0.261 e. The molecule has 0 bridgehead atoms. The lowest BCUT2D eigenvalue weighted by Crippen LogP contribution is -2.42. The Morgan fingerprint density at radius 1 is 1.40 bits per heavy atom. The maximum absolute atomic E-state index is 12.8. The van der Waals surface area contributed by atoms with E-state index in [1.165, 1.54) is 0 Å². The van der Waals surface area contributed by atoms with Crippen molar-refractivity contribution in [2.24, 2.45) is 0 Å². The maximum Gasteiger partial charge on any atom is 0.261 e. The van der Waals surface area contributed by atoms with Gasteiger partial charge in [0.15, 0.2) is 6.61 Å². The highest BCUT2D eigenvalue weighted by Crippen LogP contribution is 2.30. The molecule has 0 spiro atoms. The van der Waals surface area contributed by atoms with Crippen LogP contribution in [0.3, 0.4) is 0 Å². The van der Waals surface area contributed by atoms with Crippen LogP contribution in [0.1, 0.15) is 43.6 Å². The molecule has 1 atom stereocenters. The number of halogens is 1. The van der Waals surface area contributed by atoms with Crippen molar-refractivity contribution >= 4 is 17.5 Å². The van der Waals surface area contributed by atoms with Gasteiger partial charge in [-0.25, -0.2) is 4.98 Å². The Balaban J connectivity index is 1.70. The minimum absolute atomic E-state index is 0.00435. The van der Waals surface area contributed by atoms with Gasteiger partial charge in [-0.1, -0.05) is 11.6 Å². The molecule has 2 aromatic rings. The molecule has 1 fully saturated rings. The molecule has 1 aromatic heterocycles. The lowest BCUT2D eigenvalue weighted by molar-refractivity contribution is -0.137. The maximum atomic E-state index is 12.8. The van der Waals surface area contributed by atoms with Crippen molar-refractivity contribution < 1.29 is 9.53 Å². The van der Waals surface area contributed by atoms with E-state index in [2.05, 4.69) is 16.5 Å². The second kappa shape index (κ2) is 7.91. The molecule has 0 aliphatic carbocycles. The molecule has 1 amide bonds. The first-order chi connectivity index (χ1) is 12.1. The van der Waals surface area contributed by atoms with Crippen LogP contribution >= 0.6 is 11.6 Å². The average Bonchev–Trinajstić information content (AvgIpc) is 3.09. The fourth-order valence-corrected chi connectivity index (χ4v) is 3.61. The zero-order valence-corrected chi connectivity index (χ0v) is 15.5. The molecule has 1 aromatic carbocycles. The van der Waals surface area contributed by atoms with Crippen molar-refractivity contribution in [2.45, 2.75) is 45.7 Å². The van der Waals surface area contributed by atoms with Crippen LogP contribution in [-0.2, 0) is 11.3 Å². The molecule has 1 saturated heterocycles. The first-order valence-corrected chi connectivity index (χ1v) is 9.17. The number of piperidine rings is 1. The third-order valence-electron chi connectivity index (χ3n) is 4.70.